The molecule has 1 aliphatic carbocycles. The van der Waals surface area contributed by atoms with E-state index in [1.807, 2.05) is 0 Å². The quantitative estimate of drug-likeness (QED) is 0.301. The average molecular weight is 191 g/mol. The van der Waals surface area contributed by atoms with Crippen LogP contribution in [0.4, 0.5) is 0 Å². The summed E-state index contributed by atoms with van der Waals surface area (Å²) in [5.41, 5.74) is 3.21. The fraction of sp³-hybridized carbons (Fsp3) is 0.857. The van der Waals surface area contributed by atoms with Crippen molar-refractivity contribution in [3.8, 4) is 0 Å². The molecule has 4 atom stereocenters. The minimum atomic E-state index is -2.01. The van der Waals surface area contributed by atoms with E-state index in [1.165, 1.54) is 0 Å². The third kappa shape index (κ3) is 1.97. The molecule has 0 aromatic heterocycles. The number of hydrogen-bond donors (Lipinski definition) is 5. The summed E-state index contributed by atoms with van der Waals surface area (Å²) >= 11 is 0. The largest absolute Gasteiger partial charge is 0.481 e. The standard InChI is InChI=1S/C7H13NO5/c8-7(13)2-3(6(11)12)1-4(9)5(7)10/h3-5,9-10,13H,1-2,8H2,(H,11,12)/t3-,4+,5-,7+/m0/s1. The van der Waals surface area contributed by atoms with Crippen LogP contribution in [0.25, 0.3) is 0 Å². The fourth-order valence-electron chi connectivity index (χ4n) is 1.54. The first-order valence-electron chi connectivity index (χ1n) is 3.95. The summed E-state index contributed by atoms with van der Waals surface area (Å²) in [4.78, 5) is 10.5. The molecule has 6 N–H and O–H groups in total. The minimum absolute atomic E-state index is 0.0873. The van der Waals surface area contributed by atoms with E-state index in [0.717, 1.165) is 0 Å². The second-order valence-electron chi connectivity index (χ2n) is 3.48. The molecule has 0 spiro atoms. The van der Waals surface area contributed by atoms with Gasteiger partial charge in [-0.05, 0) is 6.42 Å². The van der Waals surface area contributed by atoms with Crippen molar-refractivity contribution in [2.75, 3.05) is 0 Å². The first-order valence-corrected chi connectivity index (χ1v) is 3.95. The van der Waals surface area contributed by atoms with Gasteiger partial charge < -0.3 is 26.2 Å². The van der Waals surface area contributed by atoms with Crippen molar-refractivity contribution in [2.24, 2.45) is 11.7 Å². The molecule has 1 fully saturated rings. The Morgan fingerprint density at radius 1 is 1.46 bits per heavy atom. The third-order valence-corrected chi connectivity index (χ3v) is 2.33. The van der Waals surface area contributed by atoms with Crippen molar-refractivity contribution in [1.82, 2.24) is 0 Å². The summed E-state index contributed by atoms with van der Waals surface area (Å²) in [6.07, 6.45) is -3.11. The van der Waals surface area contributed by atoms with Crippen LogP contribution in [0.5, 0.6) is 0 Å². The maximum atomic E-state index is 10.5. The van der Waals surface area contributed by atoms with Gasteiger partial charge in [0.05, 0.1) is 12.0 Å². The summed E-state index contributed by atoms with van der Waals surface area (Å²) in [5, 5.41) is 36.3. The molecule has 6 heteroatoms. The van der Waals surface area contributed by atoms with Gasteiger partial charge in [-0.25, -0.2) is 0 Å². The Bertz CT molecular complexity index is 217. The van der Waals surface area contributed by atoms with Gasteiger partial charge in [-0.3, -0.25) is 4.79 Å². The van der Waals surface area contributed by atoms with Gasteiger partial charge in [0.25, 0.3) is 0 Å². The van der Waals surface area contributed by atoms with Crippen molar-refractivity contribution >= 4 is 5.97 Å². The van der Waals surface area contributed by atoms with Crippen LogP contribution in [0.2, 0.25) is 0 Å². The summed E-state index contributed by atoms with van der Waals surface area (Å²) in [5.74, 6) is -2.04. The van der Waals surface area contributed by atoms with E-state index in [2.05, 4.69) is 0 Å². The van der Waals surface area contributed by atoms with Crippen molar-refractivity contribution in [1.29, 1.82) is 0 Å². The minimum Gasteiger partial charge on any atom is -0.481 e. The van der Waals surface area contributed by atoms with Gasteiger partial charge in [-0.15, -0.1) is 0 Å². The van der Waals surface area contributed by atoms with E-state index in [1.54, 1.807) is 0 Å². The van der Waals surface area contributed by atoms with Crippen LogP contribution in [-0.2, 0) is 4.79 Å². The molecule has 1 saturated carbocycles. The molecule has 13 heavy (non-hydrogen) atoms. The molecule has 0 saturated heterocycles. The Hall–Kier alpha value is -0.690. The van der Waals surface area contributed by atoms with Gasteiger partial charge >= 0.3 is 5.97 Å². The van der Waals surface area contributed by atoms with Crippen LogP contribution in [0, 0.1) is 5.92 Å². The third-order valence-electron chi connectivity index (χ3n) is 2.33. The maximum absolute atomic E-state index is 10.5. The Balaban J connectivity index is 2.76. The zero-order chi connectivity index (χ0) is 10.2. The highest BCUT2D eigenvalue weighted by atomic mass is 16.4. The molecule has 76 valence electrons. The lowest BCUT2D eigenvalue weighted by atomic mass is 9.80. The molecule has 0 bridgehead atoms. The van der Waals surface area contributed by atoms with E-state index < -0.39 is 29.8 Å². The Kier molecular flexibility index (Phi) is 2.58. The molecule has 0 amide bonds. The van der Waals surface area contributed by atoms with Crippen LogP contribution >= 0.6 is 0 Å². The van der Waals surface area contributed by atoms with Gasteiger partial charge in [-0.2, -0.15) is 0 Å². The molecular formula is C7H13NO5. The molecule has 0 unspecified atom stereocenters. The maximum Gasteiger partial charge on any atom is 0.306 e. The van der Waals surface area contributed by atoms with E-state index >= 15 is 0 Å². The molecule has 0 heterocycles. The van der Waals surface area contributed by atoms with Crippen LogP contribution in [0.3, 0.4) is 0 Å². The lowest BCUT2D eigenvalue weighted by molar-refractivity contribution is -0.176. The number of carboxylic acids is 1. The molecule has 0 aromatic carbocycles. The second kappa shape index (κ2) is 3.22. The number of rotatable bonds is 1. The fourth-order valence-corrected chi connectivity index (χ4v) is 1.54. The second-order valence-corrected chi connectivity index (χ2v) is 3.48. The number of carboxylic acid groups (broad SMARTS) is 1. The van der Waals surface area contributed by atoms with E-state index in [9.17, 15) is 20.1 Å². The smallest absolute Gasteiger partial charge is 0.306 e. The normalized spacial score (nSPS) is 46.0. The molecule has 1 aliphatic rings. The van der Waals surface area contributed by atoms with Crippen molar-refractivity contribution in [3.05, 3.63) is 0 Å². The van der Waals surface area contributed by atoms with Crippen LogP contribution in [0.1, 0.15) is 12.8 Å². The van der Waals surface area contributed by atoms with Gasteiger partial charge in [0.15, 0.2) is 0 Å². The van der Waals surface area contributed by atoms with Crippen molar-refractivity contribution < 1.29 is 25.2 Å². The molecule has 0 aromatic rings. The first kappa shape index (κ1) is 10.4. The summed E-state index contributed by atoms with van der Waals surface area (Å²) in [6, 6.07) is 0. The molecule has 0 radical (unpaired) electrons. The van der Waals surface area contributed by atoms with E-state index in [-0.39, 0.29) is 12.8 Å². The number of nitrogens with two attached hydrogens (primary N) is 1. The Labute approximate surface area is 74.6 Å². The van der Waals surface area contributed by atoms with E-state index in [0.29, 0.717) is 0 Å². The molecule has 1 rings (SSSR count). The Morgan fingerprint density at radius 2 is 2.00 bits per heavy atom. The molecule has 0 aliphatic heterocycles. The highest BCUT2D eigenvalue weighted by Gasteiger charge is 2.46. The highest BCUT2D eigenvalue weighted by molar-refractivity contribution is 5.70. The van der Waals surface area contributed by atoms with Crippen LogP contribution in [0.15, 0.2) is 0 Å². The van der Waals surface area contributed by atoms with Crippen LogP contribution < -0.4 is 5.73 Å². The predicted molar refractivity (Wildman–Crippen MR) is 41.5 cm³/mol. The summed E-state index contributed by atoms with van der Waals surface area (Å²) in [6.45, 7) is 0. The number of aliphatic carboxylic acids is 1. The zero-order valence-electron chi connectivity index (χ0n) is 6.92. The number of aliphatic hydroxyl groups excluding tert-OH is 2. The number of aliphatic hydroxyl groups is 3. The predicted octanol–water partition coefficient (Wildman–Crippen LogP) is -2.15. The SMILES string of the molecule is N[C@@]1(O)C[C@@H](C(=O)O)C[C@@H](O)[C@@H]1O. The lowest BCUT2D eigenvalue weighted by Crippen LogP contribution is -2.61. The van der Waals surface area contributed by atoms with Crippen molar-refractivity contribution in [3.63, 3.8) is 0 Å². The zero-order valence-corrected chi connectivity index (χ0v) is 6.92. The monoisotopic (exact) mass is 191 g/mol. The van der Waals surface area contributed by atoms with Gasteiger partial charge in [0, 0.05) is 6.42 Å². The lowest BCUT2D eigenvalue weighted by Gasteiger charge is -2.39. The van der Waals surface area contributed by atoms with Gasteiger partial charge in [0.1, 0.15) is 11.8 Å². The Morgan fingerprint density at radius 3 is 2.38 bits per heavy atom. The highest BCUT2D eigenvalue weighted by Crippen LogP contribution is 2.29. The van der Waals surface area contributed by atoms with Crippen molar-refractivity contribution in [2.45, 2.75) is 30.8 Å². The van der Waals surface area contributed by atoms with Gasteiger partial charge in [0.2, 0.25) is 0 Å². The summed E-state index contributed by atoms with van der Waals surface area (Å²) < 4.78 is 0. The molecule has 6 nitrogen and oxygen atoms in total. The summed E-state index contributed by atoms with van der Waals surface area (Å²) in [7, 11) is 0. The van der Waals surface area contributed by atoms with Crippen LogP contribution in [-0.4, -0.2) is 44.3 Å². The average Bonchev–Trinajstić information content (AvgIpc) is 1.99. The number of carbonyl (C=O) groups is 1. The topological polar surface area (TPSA) is 124 Å². The first-order chi connectivity index (χ1) is 5.84. The molecular weight excluding hydrogens is 178 g/mol. The van der Waals surface area contributed by atoms with Gasteiger partial charge in [-0.1, -0.05) is 0 Å². The number of hydrogen-bond acceptors (Lipinski definition) is 5. The van der Waals surface area contributed by atoms with E-state index in [4.69, 9.17) is 10.8 Å².